The first-order valence-electron chi connectivity index (χ1n) is 6.32. The lowest BCUT2D eigenvalue weighted by atomic mass is 10.1. The minimum atomic E-state index is -0.183. The smallest absolute Gasteiger partial charge is 0.208 e. The molecule has 0 bridgehead atoms. The second-order valence-electron chi connectivity index (χ2n) is 3.99. The predicted molar refractivity (Wildman–Crippen MR) is 78.7 cm³/mol. The molecule has 106 valence electrons. The lowest BCUT2D eigenvalue weighted by molar-refractivity contribution is 0.0937. The molecule has 0 aliphatic heterocycles. The minimum Gasteiger partial charge on any atom is -0.370 e. The number of nitrogens with one attached hydrogen (secondary N) is 2. The number of hydrogen-bond acceptors (Lipinski definition) is 5. The van der Waals surface area contributed by atoms with Crippen LogP contribution >= 0.6 is 11.3 Å². The van der Waals surface area contributed by atoms with Gasteiger partial charge < -0.3 is 16.4 Å². The molecule has 0 aromatic carbocycles. The largest absolute Gasteiger partial charge is 0.370 e. The summed E-state index contributed by atoms with van der Waals surface area (Å²) in [6, 6.07) is -0.183. The molecule has 1 heterocycles. The Labute approximate surface area is 117 Å². The lowest BCUT2D eigenvalue weighted by Gasteiger charge is -2.15. The van der Waals surface area contributed by atoms with E-state index in [-0.39, 0.29) is 11.8 Å². The number of rotatable bonds is 8. The number of carbonyl (C=O) groups is 1. The van der Waals surface area contributed by atoms with E-state index in [0.717, 1.165) is 19.4 Å². The molecule has 0 saturated carbocycles. The van der Waals surface area contributed by atoms with Gasteiger partial charge in [0.15, 0.2) is 11.0 Å². The molecule has 0 saturated heterocycles. The zero-order chi connectivity index (χ0) is 14.1. The summed E-state index contributed by atoms with van der Waals surface area (Å²) in [5, 5.41) is 8.56. The van der Waals surface area contributed by atoms with E-state index in [0.29, 0.717) is 17.5 Å². The maximum Gasteiger partial charge on any atom is 0.208 e. The lowest BCUT2D eigenvalue weighted by Crippen LogP contribution is -2.38. The molecule has 1 aromatic rings. The van der Waals surface area contributed by atoms with E-state index in [1.54, 1.807) is 13.2 Å². The van der Waals surface area contributed by atoms with Crippen molar-refractivity contribution in [2.24, 2.45) is 10.7 Å². The Morgan fingerprint density at radius 2 is 2.42 bits per heavy atom. The van der Waals surface area contributed by atoms with Crippen molar-refractivity contribution in [3.8, 4) is 0 Å². The van der Waals surface area contributed by atoms with Crippen LogP contribution in [0.5, 0.6) is 0 Å². The van der Waals surface area contributed by atoms with Crippen LogP contribution in [0.25, 0.3) is 0 Å². The second kappa shape index (κ2) is 8.60. The normalized spacial score (nSPS) is 13.3. The molecule has 1 rings (SSSR count). The number of likely N-dealkylation sites (N-methyl/N-ethyl adjacent to an activating group) is 1. The highest BCUT2D eigenvalue weighted by atomic mass is 32.1. The summed E-state index contributed by atoms with van der Waals surface area (Å²) < 4.78 is 0. The van der Waals surface area contributed by atoms with Crippen LogP contribution in [0, 0.1) is 0 Å². The molecule has 0 fully saturated rings. The van der Waals surface area contributed by atoms with Gasteiger partial charge >= 0.3 is 0 Å². The van der Waals surface area contributed by atoms with Gasteiger partial charge in [0.05, 0.1) is 6.04 Å². The zero-order valence-corrected chi connectivity index (χ0v) is 12.2. The van der Waals surface area contributed by atoms with E-state index in [1.807, 2.05) is 12.3 Å². The SMILES string of the molecule is CCNC(CCCNC(N)=NC)C(=O)c1nccs1. The fourth-order valence-corrected chi connectivity index (χ4v) is 2.30. The third-order valence-corrected chi connectivity index (χ3v) is 3.41. The monoisotopic (exact) mass is 283 g/mol. The van der Waals surface area contributed by atoms with Crippen LogP contribution in [0.3, 0.4) is 0 Å². The predicted octanol–water partition coefficient (Wildman–Crippen LogP) is 0.618. The van der Waals surface area contributed by atoms with Crippen LogP contribution in [0.2, 0.25) is 0 Å². The highest BCUT2D eigenvalue weighted by Crippen LogP contribution is 2.10. The standard InChI is InChI=1S/C12H21N5OS/c1-3-15-9(5-4-6-17-12(13)14-2)10(18)11-16-7-8-19-11/h7-9,15H,3-6H2,1-2H3,(H3,13,14,17). The second-order valence-corrected chi connectivity index (χ2v) is 4.88. The van der Waals surface area contributed by atoms with Crippen molar-refractivity contribution in [2.45, 2.75) is 25.8 Å². The average Bonchev–Trinajstić information content (AvgIpc) is 2.95. The summed E-state index contributed by atoms with van der Waals surface area (Å²) in [5.74, 6) is 0.486. The Morgan fingerprint density at radius 1 is 1.63 bits per heavy atom. The van der Waals surface area contributed by atoms with Gasteiger partial charge in [0.25, 0.3) is 0 Å². The van der Waals surface area contributed by atoms with Crippen LogP contribution in [0.4, 0.5) is 0 Å². The van der Waals surface area contributed by atoms with Crippen molar-refractivity contribution in [1.29, 1.82) is 0 Å². The quantitative estimate of drug-likeness (QED) is 0.281. The van der Waals surface area contributed by atoms with Gasteiger partial charge in [0.1, 0.15) is 0 Å². The summed E-state index contributed by atoms with van der Waals surface area (Å²) in [6.45, 7) is 3.45. The fraction of sp³-hybridized carbons (Fsp3) is 0.583. The average molecular weight is 283 g/mol. The minimum absolute atomic E-state index is 0.0639. The summed E-state index contributed by atoms with van der Waals surface area (Å²) >= 11 is 1.38. The summed E-state index contributed by atoms with van der Waals surface area (Å²) in [7, 11) is 1.63. The fourth-order valence-electron chi connectivity index (χ4n) is 1.67. The van der Waals surface area contributed by atoms with Crippen molar-refractivity contribution >= 4 is 23.1 Å². The van der Waals surface area contributed by atoms with Crippen molar-refractivity contribution < 1.29 is 4.79 Å². The molecule has 6 nitrogen and oxygen atoms in total. The Morgan fingerprint density at radius 3 is 3.00 bits per heavy atom. The Hall–Kier alpha value is -1.47. The van der Waals surface area contributed by atoms with Crippen molar-refractivity contribution in [1.82, 2.24) is 15.6 Å². The molecule has 7 heteroatoms. The van der Waals surface area contributed by atoms with E-state index in [1.165, 1.54) is 11.3 Å². The van der Waals surface area contributed by atoms with Gasteiger partial charge in [-0.1, -0.05) is 6.92 Å². The zero-order valence-electron chi connectivity index (χ0n) is 11.3. The van der Waals surface area contributed by atoms with E-state index in [9.17, 15) is 4.79 Å². The molecule has 4 N–H and O–H groups in total. The molecule has 0 radical (unpaired) electrons. The van der Waals surface area contributed by atoms with E-state index in [4.69, 9.17) is 5.73 Å². The van der Waals surface area contributed by atoms with E-state index >= 15 is 0 Å². The molecule has 1 atom stereocenters. The Kier molecular flexibility index (Phi) is 7.06. The van der Waals surface area contributed by atoms with Crippen molar-refractivity contribution in [3.05, 3.63) is 16.6 Å². The van der Waals surface area contributed by atoms with Gasteiger partial charge in [-0.05, 0) is 19.4 Å². The van der Waals surface area contributed by atoms with Crippen LogP contribution in [0.15, 0.2) is 16.6 Å². The van der Waals surface area contributed by atoms with Gasteiger partial charge in [-0.25, -0.2) is 4.98 Å². The van der Waals surface area contributed by atoms with E-state index < -0.39 is 0 Å². The highest BCUT2D eigenvalue weighted by Gasteiger charge is 2.20. The number of hydrogen-bond donors (Lipinski definition) is 3. The number of aromatic nitrogens is 1. The number of nitrogens with two attached hydrogens (primary N) is 1. The molecular weight excluding hydrogens is 262 g/mol. The van der Waals surface area contributed by atoms with Crippen molar-refractivity contribution in [2.75, 3.05) is 20.1 Å². The maximum atomic E-state index is 12.2. The molecule has 0 aliphatic carbocycles. The third kappa shape index (κ3) is 5.35. The summed E-state index contributed by atoms with van der Waals surface area (Å²) in [4.78, 5) is 20.1. The van der Waals surface area contributed by atoms with Crippen LogP contribution in [0.1, 0.15) is 29.6 Å². The number of nitrogens with zero attached hydrogens (tertiary/aromatic N) is 2. The van der Waals surface area contributed by atoms with Gasteiger partial charge in [0.2, 0.25) is 5.78 Å². The third-order valence-electron chi connectivity index (χ3n) is 2.63. The Bertz CT molecular complexity index is 404. The summed E-state index contributed by atoms with van der Waals surface area (Å²) in [5.41, 5.74) is 5.53. The first-order chi connectivity index (χ1) is 9.19. The number of aliphatic imine (C=N–C) groups is 1. The van der Waals surface area contributed by atoms with Crippen LogP contribution < -0.4 is 16.4 Å². The number of thiazole rings is 1. The van der Waals surface area contributed by atoms with Gasteiger partial charge in [0, 0.05) is 25.2 Å². The number of guanidine groups is 1. The topological polar surface area (TPSA) is 92.4 Å². The highest BCUT2D eigenvalue weighted by molar-refractivity contribution is 7.11. The van der Waals surface area contributed by atoms with Gasteiger partial charge in [-0.15, -0.1) is 11.3 Å². The van der Waals surface area contributed by atoms with Crippen molar-refractivity contribution in [3.63, 3.8) is 0 Å². The van der Waals surface area contributed by atoms with Gasteiger partial charge in [-0.2, -0.15) is 0 Å². The maximum absolute atomic E-state index is 12.2. The molecule has 19 heavy (non-hydrogen) atoms. The molecule has 0 spiro atoms. The first-order valence-corrected chi connectivity index (χ1v) is 7.20. The van der Waals surface area contributed by atoms with E-state index in [2.05, 4.69) is 20.6 Å². The van der Waals surface area contributed by atoms with Crippen LogP contribution in [-0.4, -0.2) is 42.9 Å². The number of Topliss-reactive ketones (excluding diaryl/α,β-unsaturated/α-hetero) is 1. The summed E-state index contributed by atoms with van der Waals surface area (Å²) in [6.07, 6.45) is 3.24. The van der Waals surface area contributed by atoms with Crippen LogP contribution in [-0.2, 0) is 0 Å². The molecule has 1 unspecified atom stereocenters. The first kappa shape index (κ1) is 15.6. The molecule has 0 amide bonds. The molecule has 0 aliphatic rings. The molecule has 1 aromatic heterocycles. The molecular formula is C12H21N5OS. The number of ketones is 1. The van der Waals surface area contributed by atoms with Gasteiger partial charge in [-0.3, -0.25) is 9.79 Å². The number of carbonyl (C=O) groups excluding carboxylic acids is 1. The Balaban J connectivity index is 2.42.